The van der Waals surface area contributed by atoms with E-state index in [2.05, 4.69) is 31.9 Å². The van der Waals surface area contributed by atoms with Crippen LogP contribution in [0.5, 0.6) is 0 Å². The smallest absolute Gasteiger partial charge is 0.123 e. The molecule has 0 spiro atoms. The lowest BCUT2D eigenvalue weighted by Gasteiger charge is -2.30. The first-order valence-corrected chi connectivity index (χ1v) is 8.38. The minimum atomic E-state index is -0.859. The van der Waals surface area contributed by atoms with Crippen LogP contribution in [0.4, 0.5) is 0 Å². The SMILES string of the molecule is CN(Cc1nccn1Cc1ccccc1)CC1(O)CNCCOC1. The van der Waals surface area contributed by atoms with Gasteiger partial charge in [0.05, 0.1) is 19.8 Å². The van der Waals surface area contributed by atoms with Crippen molar-refractivity contribution >= 4 is 0 Å². The van der Waals surface area contributed by atoms with Gasteiger partial charge in [0.1, 0.15) is 11.4 Å². The summed E-state index contributed by atoms with van der Waals surface area (Å²) < 4.78 is 7.64. The van der Waals surface area contributed by atoms with Gasteiger partial charge in [-0.15, -0.1) is 0 Å². The fourth-order valence-corrected chi connectivity index (χ4v) is 3.10. The molecule has 130 valence electrons. The molecule has 0 amide bonds. The molecule has 1 aliphatic rings. The van der Waals surface area contributed by atoms with Gasteiger partial charge in [0, 0.05) is 38.6 Å². The van der Waals surface area contributed by atoms with Crippen molar-refractivity contribution in [3.8, 4) is 0 Å². The summed E-state index contributed by atoms with van der Waals surface area (Å²) in [4.78, 5) is 6.58. The van der Waals surface area contributed by atoms with E-state index in [9.17, 15) is 5.11 Å². The highest BCUT2D eigenvalue weighted by molar-refractivity contribution is 5.15. The second kappa shape index (κ2) is 7.90. The molecule has 1 saturated heterocycles. The van der Waals surface area contributed by atoms with Gasteiger partial charge in [0.25, 0.3) is 0 Å². The molecule has 1 aliphatic heterocycles. The molecule has 0 bridgehead atoms. The molecule has 1 unspecified atom stereocenters. The largest absolute Gasteiger partial charge is 0.385 e. The summed E-state index contributed by atoms with van der Waals surface area (Å²) in [6.07, 6.45) is 3.83. The highest BCUT2D eigenvalue weighted by Crippen LogP contribution is 2.12. The number of benzene rings is 1. The summed E-state index contributed by atoms with van der Waals surface area (Å²) in [5.74, 6) is 0.993. The average Bonchev–Trinajstić information content (AvgIpc) is 2.86. The third kappa shape index (κ3) is 4.64. The number of nitrogens with one attached hydrogen (secondary N) is 1. The van der Waals surface area contributed by atoms with E-state index in [0.717, 1.165) is 18.9 Å². The molecule has 6 nitrogen and oxygen atoms in total. The van der Waals surface area contributed by atoms with Gasteiger partial charge in [-0.25, -0.2) is 4.98 Å². The van der Waals surface area contributed by atoms with E-state index < -0.39 is 5.60 Å². The summed E-state index contributed by atoms with van der Waals surface area (Å²) in [7, 11) is 2.00. The molecule has 2 aromatic rings. The van der Waals surface area contributed by atoms with Crippen LogP contribution in [-0.2, 0) is 17.8 Å². The Labute approximate surface area is 143 Å². The molecule has 24 heavy (non-hydrogen) atoms. The fraction of sp³-hybridized carbons (Fsp3) is 0.500. The van der Waals surface area contributed by atoms with Crippen molar-refractivity contribution in [2.24, 2.45) is 0 Å². The zero-order valence-corrected chi connectivity index (χ0v) is 14.2. The van der Waals surface area contributed by atoms with Crippen LogP contribution in [0.3, 0.4) is 0 Å². The monoisotopic (exact) mass is 330 g/mol. The third-order valence-corrected chi connectivity index (χ3v) is 4.22. The minimum Gasteiger partial charge on any atom is -0.385 e. The Kier molecular flexibility index (Phi) is 5.63. The number of hydrogen-bond donors (Lipinski definition) is 2. The van der Waals surface area contributed by atoms with E-state index in [1.54, 1.807) is 0 Å². The highest BCUT2D eigenvalue weighted by Gasteiger charge is 2.30. The first-order chi connectivity index (χ1) is 11.6. The number of rotatable bonds is 6. The van der Waals surface area contributed by atoms with Crippen molar-refractivity contribution in [2.75, 3.05) is 39.9 Å². The zero-order valence-electron chi connectivity index (χ0n) is 14.2. The van der Waals surface area contributed by atoms with Crippen LogP contribution in [0.25, 0.3) is 0 Å². The second-order valence-electron chi connectivity index (χ2n) is 6.58. The maximum Gasteiger partial charge on any atom is 0.123 e. The van der Waals surface area contributed by atoms with Gasteiger partial charge < -0.3 is 19.7 Å². The van der Waals surface area contributed by atoms with Crippen LogP contribution in [0.2, 0.25) is 0 Å². The van der Waals surface area contributed by atoms with Crippen molar-refractivity contribution < 1.29 is 9.84 Å². The lowest BCUT2D eigenvalue weighted by molar-refractivity contribution is -0.0465. The van der Waals surface area contributed by atoms with E-state index in [1.165, 1.54) is 5.56 Å². The molecule has 1 fully saturated rings. The van der Waals surface area contributed by atoms with E-state index in [-0.39, 0.29) is 0 Å². The maximum absolute atomic E-state index is 10.7. The topological polar surface area (TPSA) is 62.6 Å². The van der Waals surface area contributed by atoms with Crippen molar-refractivity contribution in [3.63, 3.8) is 0 Å². The lowest BCUT2D eigenvalue weighted by atomic mass is 10.1. The number of ether oxygens (including phenoxy) is 1. The minimum absolute atomic E-state index is 0.364. The number of aromatic nitrogens is 2. The molecule has 2 heterocycles. The molecule has 1 atom stereocenters. The van der Waals surface area contributed by atoms with Crippen molar-refractivity contribution in [1.82, 2.24) is 19.8 Å². The Balaban J connectivity index is 1.60. The van der Waals surface area contributed by atoms with Gasteiger partial charge in [-0.1, -0.05) is 30.3 Å². The number of aliphatic hydroxyl groups is 1. The van der Waals surface area contributed by atoms with Gasteiger partial charge in [-0.05, 0) is 12.6 Å². The number of nitrogens with zero attached hydrogens (tertiary/aromatic N) is 3. The maximum atomic E-state index is 10.7. The Morgan fingerprint density at radius 2 is 2.21 bits per heavy atom. The second-order valence-corrected chi connectivity index (χ2v) is 6.58. The van der Waals surface area contributed by atoms with E-state index in [0.29, 0.717) is 32.8 Å². The Morgan fingerprint density at radius 1 is 1.38 bits per heavy atom. The van der Waals surface area contributed by atoms with Gasteiger partial charge >= 0.3 is 0 Å². The van der Waals surface area contributed by atoms with Gasteiger partial charge in [0.2, 0.25) is 0 Å². The predicted octanol–water partition coefficient (Wildman–Crippen LogP) is 0.714. The first-order valence-electron chi connectivity index (χ1n) is 8.38. The Morgan fingerprint density at radius 3 is 3.04 bits per heavy atom. The fourth-order valence-electron chi connectivity index (χ4n) is 3.10. The van der Waals surface area contributed by atoms with Gasteiger partial charge in [-0.2, -0.15) is 0 Å². The molecule has 0 radical (unpaired) electrons. The molecule has 0 saturated carbocycles. The average molecular weight is 330 g/mol. The van der Waals surface area contributed by atoms with Crippen molar-refractivity contribution in [3.05, 3.63) is 54.1 Å². The normalized spacial score (nSPS) is 21.8. The van der Waals surface area contributed by atoms with Crippen LogP contribution in [-0.4, -0.2) is 65.1 Å². The van der Waals surface area contributed by atoms with Crippen LogP contribution in [0.15, 0.2) is 42.7 Å². The zero-order chi connectivity index (χ0) is 16.8. The molecular weight excluding hydrogens is 304 g/mol. The first kappa shape index (κ1) is 17.1. The Bertz CT molecular complexity index is 621. The van der Waals surface area contributed by atoms with E-state index >= 15 is 0 Å². The summed E-state index contributed by atoms with van der Waals surface area (Å²) >= 11 is 0. The summed E-state index contributed by atoms with van der Waals surface area (Å²) in [6.45, 7) is 4.37. The lowest BCUT2D eigenvalue weighted by Crippen LogP contribution is -2.50. The number of hydrogen-bond acceptors (Lipinski definition) is 5. The number of likely N-dealkylation sites (N-methyl/N-ethyl adjacent to an activating group) is 1. The van der Waals surface area contributed by atoms with Crippen LogP contribution >= 0.6 is 0 Å². The van der Waals surface area contributed by atoms with Crippen LogP contribution in [0.1, 0.15) is 11.4 Å². The third-order valence-electron chi connectivity index (χ3n) is 4.22. The molecule has 6 heteroatoms. The van der Waals surface area contributed by atoms with Gasteiger partial charge in [0.15, 0.2) is 0 Å². The molecule has 1 aromatic heterocycles. The molecule has 3 rings (SSSR count). The van der Waals surface area contributed by atoms with Crippen molar-refractivity contribution in [2.45, 2.75) is 18.7 Å². The quantitative estimate of drug-likeness (QED) is 0.817. The molecule has 0 aliphatic carbocycles. The summed E-state index contributed by atoms with van der Waals surface area (Å²) in [5, 5.41) is 13.9. The van der Waals surface area contributed by atoms with E-state index in [4.69, 9.17) is 4.74 Å². The summed E-state index contributed by atoms with van der Waals surface area (Å²) in [6, 6.07) is 10.4. The molecule has 2 N–H and O–H groups in total. The number of imidazole rings is 1. The number of β-amino-alcohol motifs (C(OH)–C–C–N with tert-alkyl or cyclic N) is 1. The Hall–Kier alpha value is -1.73. The van der Waals surface area contributed by atoms with Crippen LogP contribution in [0, 0.1) is 0 Å². The standard InChI is InChI=1S/C18H26N4O2/c1-21(14-18(23)13-19-8-10-24-15-18)12-17-20-7-9-22(17)11-16-5-3-2-4-6-16/h2-7,9,19,23H,8,10-15H2,1H3. The van der Waals surface area contributed by atoms with Gasteiger partial charge in [-0.3, -0.25) is 4.90 Å². The molecule has 1 aromatic carbocycles. The predicted molar refractivity (Wildman–Crippen MR) is 92.7 cm³/mol. The highest BCUT2D eigenvalue weighted by atomic mass is 16.5. The van der Waals surface area contributed by atoms with Crippen molar-refractivity contribution in [1.29, 1.82) is 0 Å². The van der Waals surface area contributed by atoms with Crippen LogP contribution < -0.4 is 5.32 Å². The summed E-state index contributed by atoms with van der Waals surface area (Å²) in [5.41, 5.74) is 0.390. The molecular formula is C18H26N4O2. The van der Waals surface area contributed by atoms with E-state index in [1.807, 2.05) is 37.6 Å².